The van der Waals surface area contributed by atoms with Gasteiger partial charge in [-0.25, -0.2) is 0 Å². The lowest BCUT2D eigenvalue weighted by Gasteiger charge is -2.10. The number of carbonyl (C=O) groups is 1. The van der Waals surface area contributed by atoms with Crippen LogP contribution in [0.25, 0.3) is 0 Å². The Labute approximate surface area is 156 Å². The maximum Gasteiger partial charge on any atom is 0.573 e. The summed E-state index contributed by atoms with van der Waals surface area (Å²) in [5, 5.41) is 13.7. The first-order valence-corrected chi connectivity index (χ1v) is 8.87. The van der Waals surface area contributed by atoms with Gasteiger partial charge in [0.1, 0.15) is 5.75 Å². The summed E-state index contributed by atoms with van der Waals surface area (Å²) in [6, 6.07) is 9.53. The van der Waals surface area contributed by atoms with Crippen LogP contribution in [0.3, 0.4) is 0 Å². The molecule has 1 amide bonds. The number of hydrogen-bond acceptors (Lipinski definition) is 5. The molecule has 144 valence electrons. The summed E-state index contributed by atoms with van der Waals surface area (Å²) in [6.45, 7) is 0.219. The molecule has 2 aromatic rings. The second-order valence-corrected chi connectivity index (χ2v) is 6.19. The standard InChI is InChI=1S/C17H15F3N2O4S/c1-27-15-7-4-12(10-14(15)22(24)25)16(23)21-9-8-11-2-5-13(6-3-11)26-17(18,19)20/h2-7,10H,8-9H2,1H3,(H,21,23). The van der Waals surface area contributed by atoms with Gasteiger partial charge in [0.25, 0.3) is 11.6 Å². The van der Waals surface area contributed by atoms with E-state index in [1.54, 1.807) is 6.26 Å². The van der Waals surface area contributed by atoms with E-state index < -0.39 is 17.2 Å². The number of nitrogens with one attached hydrogen (secondary N) is 1. The minimum Gasteiger partial charge on any atom is -0.406 e. The molecule has 0 saturated carbocycles. The molecule has 0 heterocycles. The number of thioether (sulfide) groups is 1. The van der Waals surface area contributed by atoms with Crippen molar-refractivity contribution in [1.29, 1.82) is 0 Å². The zero-order valence-corrected chi connectivity index (χ0v) is 14.9. The number of benzene rings is 2. The highest BCUT2D eigenvalue weighted by molar-refractivity contribution is 7.98. The monoisotopic (exact) mass is 400 g/mol. The van der Waals surface area contributed by atoms with E-state index >= 15 is 0 Å². The molecule has 10 heteroatoms. The number of carbonyl (C=O) groups excluding carboxylic acids is 1. The lowest BCUT2D eigenvalue weighted by Crippen LogP contribution is -2.25. The van der Waals surface area contributed by atoms with Crippen LogP contribution in [-0.4, -0.2) is 30.0 Å². The Morgan fingerprint density at radius 3 is 2.44 bits per heavy atom. The fraction of sp³-hybridized carbons (Fsp3) is 0.235. The molecule has 0 bridgehead atoms. The van der Waals surface area contributed by atoms with Gasteiger partial charge in [0, 0.05) is 18.2 Å². The number of halogens is 3. The summed E-state index contributed by atoms with van der Waals surface area (Å²) in [6.07, 6.45) is -2.67. The van der Waals surface area contributed by atoms with Gasteiger partial charge in [-0.1, -0.05) is 12.1 Å². The maximum atomic E-state index is 12.1. The molecule has 6 nitrogen and oxygen atoms in total. The van der Waals surface area contributed by atoms with Crippen LogP contribution in [0.1, 0.15) is 15.9 Å². The van der Waals surface area contributed by atoms with E-state index in [1.165, 1.54) is 54.2 Å². The minimum atomic E-state index is -4.75. The molecule has 0 aliphatic heterocycles. The van der Waals surface area contributed by atoms with Crippen LogP contribution in [0, 0.1) is 10.1 Å². The fourth-order valence-electron chi connectivity index (χ4n) is 2.25. The van der Waals surface area contributed by atoms with Crippen LogP contribution in [0.2, 0.25) is 0 Å². The van der Waals surface area contributed by atoms with Crippen molar-refractivity contribution in [1.82, 2.24) is 5.32 Å². The molecular formula is C17H15F3N2O4S. The molecule has 0 unspecified atom stereocenters. The van der Waals surface area contributed by atoms with E-state index in [0.717, 1.165) is 0 Å². The first-order valence-electron chi connectivity index (χ1n) is 7.65. The van der Waals surface area contributed by atoms with Crippen molar-refractivity contribution in [2.75, 3.05) is 12.8 Å². The van der Waals surface area contributed by atoms with Crippen LogP contribution in [0.4, 0.5) is 18.9 Å². The van der Waals surface area contributed by atoms with Gasteiger partial charge >= 0.3 is 6.36 Å². The van der Waals surface area contributed by atoms with Gasteiger partial charge in [0.05, 0.1) is 9.82 Å². The van der Waals surface area contributed by atoms with Crippen molar-refractivity contribution < 1.29 is 27.6 Å². The van der Waals surface area contributed by atoms with E-state index in [2.05, 4.69) is 10.1 Å². The van der Waals surface area contributed by atoms with Crippen molar-refractivity contribution in [2.24, 2.45) is 0 Å². The van der Waals surface area contributed by atoms with E-state index in [-0.39, 0.29) is 23.5 Å². The van der Waals surface area contributed by atoms with Crippen molar-refractivity contribution in [3.05, 3.63) is 63.7 Å². The second kappa shape index (κ2) is 8.76. The number of alkyl halides is 3. The van der Waals surface area contributed by atoms with Gasteiger partial charge in [0.2, 0.25) is 0 Å². The third-order valence-electron chi connectivity index (χ3n) is 3.49. The first kappa shape index (κ1) is 20.6. The molecule has 0 aromatic heterocycles. The Bertz CT molecular complexity index is 826. The highest BCUT2D eigenvalue weighted by Gasteiger charge is 2.30. The number of rotatable bonds is 7. The van der Waals surface area contributed by atoms with Crippen LogP contribution in [0.15, 0.2) is 47.4 Å². The summed E-state index contributed by atoms with van der Waals surface area (Å²) in [4.78, 5) is 23.1. The summed E-state index contributed by atoms with van der Waals surface area (Å²) >= 11 is 1.21. The normalized spacial score (nSPS) is 11.1. The molecule has 0 spiro atoms. The van der Waals surface area contributed by atoms with E-state index in [4.69, 9.17) is 0 Å². The lowest BCUT2D eigenvalue weighted by molar-refractivity contribution is -0.387. The zero-order chi connectivity index (χ0) is 20.0. The Morgan fingerprint density at radius 2 is 1.89 bits per heavy atom. The second-order valence-electron chi connectivity index (χ2n) is 5.34. The number of nitro groups is 1. The average Bonchev–Trinajstić information content (AvgIpc) is 2.61. The fourth-order valence-corrected chi connectivity index (χ4v) is 2.80. The van der Waals surface area contributed by atoms with Crippen LogP contribution in [0.5, 0.6) is 5.75 Å². The van der Waals surface area contributed by atoms with E-state index in [9.17, 15) is 28.1 Å². The number of amides is 1. The Hall–Kier alpha value is -2.75. The molecule has 2 aromatic carbocycles. The molecule has 2 rings (SSSR count). The van der Waals surface area contributed by atoms with E-state index in [0.29, 0.717) is 16.9 Å². The van der Waals surface area contributed by atoms with Crippen LogP contribution >= 0.6 is 11.8 Å². The molecule has 0 atom stereocenters. The van der Waals surface area contributed by atoms with Crippen molar-refractivity contribution >= 4 is 23.4 Å². The van der Waals surface area contributed by atoms with Crippen molar-refractivity contribution in [3.63, 3.8) is 0 Å². The highest BCUT2D eigenvalue weighted by Crippen LogP contribution is 2.28. The average molecular weight is 400 g/mol. The zero-order valence-electron chi connectivity index (χ0n) is 14.1. The number of nitrogens with zero attached hydrogens (tertiary/aromatic N) is 1. The van der Waals surface area contributed by atoms with Gasteiger partial charge in [-0.3, -0.25) is 14.9 Å². The lowest BCUT2D eigenvalue weighted by atomic mass is 10.1. The van der Waals surface area contributed by atoms with Gasteiger partial charge < -0.3 is 10.1 Å². The smallest absolute Gasteiger partial charge is 0.406 e. The Kier molecular flexibility index (Phi) is 6.67. The topological polar surface area (TPSA) is 81.5 Å². The Balaban J connectivity index is 1.92. The van der Waals surface area contributed by atoms with Gasteiger partial charge in [0.15, 0.2) is 0 Å². The molecule has 0 saturated heterocycles. The molecule has 27 heavy (non-hydrogen) atoms. The highest BCUT2D eigenvalue weighted by atomic mass is 32.2. The summed E-state index contributed by atoms with van der Waals surface area (Å²) in [5.41, 5.74) is 0.720. The number of nitro benzene ring substituents is 1. The predicted octanol–water partition coefficient (Wildman–Crippen LogP) is 4.19. The predicted molar refractivity (Wildman–Crippen MR) is 94.0 cm³/mol. The molecule has 0 aliphatic carbocycles. The van der Waals surface area contributed by atoms with Crippen molar-refractivity contribution in [2.45, 2.75) is 17.7 Å². The summed E-state index contributed by atoms with van der Waals surface area (Å²) in [7, 11) is 0. The maximum absolute atomic E-state index is 12.1. The molecule has 0 aliphatic rings. The van der Waals surface area contributed by atoms with E-state index in [1.807, 2.05) is 0 Å². The first-order chi connectivity index (χ1) is 12.7. The SMILES string of the molecule is CSc1ccc(C(=O)NCCc2ccc(OC(F)(F)F)cc2)cc1[N+](=O)[O-]. The molecule has 0 fully saturated rings. The van der Waals surface area contributed by atoms with Gasteiger partial charge in [-0.15, -0.1) is 24.9 Å². The largest absolute Gasteiger partial charge is 0.573 e. The van der Waals surface area contributed by atoms with Crippen molar-refractivity contribution in [3.8, 4) is 5.75 Å². The summed E-state index contributed by atoms with van der Waals surface area (Å²) < 4.78 is 40.1. The van der Waals surface area contributed by atoms with Crippen LogP contribution < -0.4 is 10.1 Å². The minimum absolute atomic E-state index is 0.143. The third kappa shape index (κ3) is 6.17. The summed E-state index contributed by atoms with van der Waals surface area (Å²) in [5.74, 6) is -0.792. The number of ether oxygens (including phenoxy) is 1. The van der Waals surface area contributed by atoms with Gasteiger partial charge in [-0.2, -0.15) is 0 Å². The van der Waals surface area contributed by atoms with Crippen LogP contribution in [-0.2, 0) is 6.42 Å². The number of hydrogen-bond donors (Lipinski definition) is 1. The third-order valence-corrected chi connectivity index (χ3v) is 4.28. The molecule has 1 N–H and O–H groups in total. The molecular weight excluding hydrogens is 385 g/mol. The van der Waals surface area contributed by atoms with Gasteiger partial charge in [-0.05, 0) is 42.5 Å². The molecule has 0 radical (unpaired) electrons. The Morgan fingerprint density at radius 1 is 1.22 bits per heavy atom. The quantitative estimate of drug-likeness (QED) is 0.428.